The standard InChI is InChI=1S/C24H20O2/c25-20-12-8-17(9-13-20)16-24(19-10-14-21(26)15-11-19)23-7-3-5-18-4-1-2-6-22(18)23/h1-15,24-26H,16H2. The lowest BCUT2D eigenvalue weighted by molar-refractivity contribution is 0.474. The molecule has 128 valence electrons. The highest BCUT2D eigenvalue weighted by Gasteiger charge is 2.17. The molecule has 0 amide bonds. The van der Waals surface area contributed by atoms with Gasteiger partial charge in [-0.3, -0.25) is 0 Å². The Morgan fingerprint density at radius 2 is 1.23 bits per heavy atom. The zero-order chi connectivity index (χ0) is 17.9. The molecule has 2 heteroatoms. The summed E-state index contributed by atoms with van der Waals surface area (Å²) >= 11 is 0. The molecule has 4 aromatic rings. The zero-order valence-corrected chi connectivity index (χ0v) is 14.3. The summed E-state index contributed by atoms with van der Waals surface area (Å²) in [6, 6.07) is 29.7. The van der Waals surface area contributed by atoms with Crippen molar-refractivity contribution in [1.82, 2.24) is 0 Å². The minimum Gasteiger partial charge on any atom is -0.508 e. The maximum atomic E-state index is 9.67. The van der Waals surface area contributed by atoms with Gasteiger partial charge in [-0.2, -0.15) is 0 Å². The van der Waals surface area contributed by atoms with Gasteiger partial charge in [-0.15, -0.1) is 0 Å². The van der Waals surface area contributed by atoms with Crippen LogP contribution in [0.4, 0.5) is 0 Å². The molecule has 4 aromatic carbocycles. The molecule has 1 unspecified atom stereocenters. The fourth-order valence-electron chi connectivity index (χ4n) is 3.54. The van der Waals surface area contributed by atoms with Crippen LogP contribution in [-0.4, -0.2) is 10.2 Å². The third-order valence-electron chi connectivity index (χ3n) is 4.87. The minimum atomic E-state index is 0.159. The van der Waals surface area contributed by atoms with Crippen LogP contribution in [0.1, 0.15) is 22.6 Å². The summed E-state index contributed by atoms with van der Waals surface area (Å²) in [4.78, 5) is 0. The first-order chi connectivity index (χ1) is 12.7. The quantitative estimate of drug-likeness (QED) is 0.506. The monoisotopic (exact) mass is 340 g/mol. The van der Waals surface area contributed by atoms with Crippen molar-refractivity contribution in [2.24, 2.45) is 0 Å². The van der Waals surface area contributed by atoms with Gasteiger partial charge in [0.05, 0.1) is 0 Å². The molecule has 26 heavy (non-hydrogen) atoms. The van der Waals surface area contributed by atoms with Crippen molar-refractivity contribution in [3.63, 3.8) is 0 Å². The van der Waals surface area contributed by atoms with Gasteiger partial charge in [0.15, 0.2) is 0 Å². The summed E-state index contributed by atoms with van der Waals surface area (Å²) in [7, 11) is 0. The summed E-state index contributed by atoms with van der Waals surface area (Å²) < 4.78 is 0. The normalized spacial score (nSPS) is 12.2. The molecule has 0 fully saturated rings. The van der Waals surface area contributed by atoms with E-state index in [0.29, 0.717) is 0 Å². The lowest BCUT2D eigenvalue weighted by Gasteiger charge is -2.20. The molecule has 0 bridgehead atoms. The van der Waals surface area contributed by atoms with Crippen molar-refractivity contribution in [3.8, 4) is 11.5 Å². The molecule has 0 saturated carbocycles. The zero-order valence-electron chi connectivity index (χ0n) is 14.3. The number of phenolic OH excluding ortho intramolecular Hbond substituents is 2. The second-order valence-electron chi connectivity index (χ2n) is 6.58. The largest absolute Gasteiger partial charge is 0.508 e. The second kappa shape index (κ2) is 6.93. The smallest absolute Gasteiger partial charge is 0.115 e. The Kier molecular flexibility index (Phi) is 4.32. The van der Waals surface area contributed by atoms with Crippen molar-refractivity contribution >= 4 is 10.8 Å². The molecule has 0 spiro atoms. The number of rotatable bonds is 4. The number of hydrogen-bond acceptors (Lipinski definition) is 2. The SMILES string of the molecule is Oc1ccc(CC(c2ccc(O)cc2)c2cccc3ccccc23)cc1. The fourth-order valence-corrected chi connectivity index (χ4v) is 3.54. The number of phenols is 2. The van der Waals surface area contributed by atoms with Gasteiger partial charge >= 0.3 is 0 Å². The van der Waals surface area contributed by atoms with Crippen molar-refractivity contribution in [3.05, 3.63) is 108 Å². The van der Waals surface area contributed by atoms with Crippen LogP contribution >= 0.6 is 0 Å². The van der Waals surface area contributed by atoms with E-state index in [4.69, 9.17) is 0 Å². The van der Waals surface area contributed by atoms with Crippen molar-refractivity contribution in [2.75, 3.05) is 0 Å². The highest BCUT2D eigenvalue weighted by molar-refractivity contribution is 5.86. The van der Waals surface area contributed by atoms with E-state index in [0.717, 1.165) is 17.5 Å². The molecule has 4 rings (SSSR count). The number of fused-ring (bicyclic) bond motifs is 1. The molecule has 2 nitrogen and oxygen atoms in total. The van der Waals surface area contributed by atoms with Crippen molar-refractivity contribution in [2.45, 2.75) is 12.3 Å². The predicted octanol–water partition coefficient (Wildman–Crippen LogP) is 5.63. The van der Waals surface area contributed by atoms with Crippen LogP contribution in [0.2, 0.25) is 0 Å². The number of aromatic hydroxyl groups is 2. The van der Waals surface area contributed by atoms with E-state index in [2.05, 4.69) is 42.5 Å². The number of benzene rings is 4. The molecule has 0 heterocycles. The second-order valence-corrected chi connectivity index (χ2v) is 6.58. The molecule has 0 saturated heterocycles. The average Bonchev–Trinajstić information content (AvgIpc) is 2.68. The average molecular weight is 340 g/mol. The first kappa shape index (κ1) is 16.2. The molecule has 0 radical (unpaired) electrons. The molecular weight excluding hydrogens is 320 g/mol. The predicted molar refractivity (Wildman–Crippen MR) is 106 cm³/mol. The van der Waals surface area contributed by atoms with Gasteiger partial charge in [-0.25, -0.2) is 0 Å². The van der Waals surface area contributed by atoms with Crippen LogP contribution in [0.3, 0.4) is 0 Å². The number of hydrogen-bond donors (Lipinski definition) is 2. The fraction of sp³-hybridized carbons (Fsp3) is 0.0833. The first-order valence-electron chi connectivity index (χ1n) is 8.75. The maximum absolute atomic E-state index is 9.67. The summed E-state index contributed by atoms with van der Waals surface area (Å²) in [5.41, 5.74) is 3.59. The van der Waals surface area contributed by atoms with Gasteiger partial charge in [0.1, 0.15) is 11.5 Å². The summed E-state index contributed by atoms with van der Waals surface area (Å²) in [5, 5.41) is 21.7. The Morgan fingerprint density at radius 3 is 1.96 bits per heavy atom. The topological polar surface area (TPSA) is 40.5 Å². The van der Waals surface area contributed by atoms with Crippen molar-refractivity contribution in [1.29, 1.82) is 0 Å². The van der Waals surface area contributed by atoms with E-state index in [1.165, 1.54) is 16.3 Å². The summed E-state index contributed by atoms with van der Waals surface area (Å²) in [6.45, 7) is 0. The third-order valence-corrected chi connectivity index (χ3v) is 4.87. The Hall–Kier alpha value is -3.26. The van der Waals surface area contributed by atoms with E-state index in [1.54, 1.807) is 24.3 Å². The maximum Gasteiger partial charge on any atom is 0.115 e. The van der Waals surface area contributed by atoms with E-state index in [-0.39, 0.29) is 17.4 Å². The van der Waals surface area contributed by atoms with Gasteiger partial charge in [-0.1, -0.05) is 66.7 Å². The third kappa shape index (κ3) is 3.27. The molecule has 0 aliphatic carbocycles. The molecule has 1 atom stereocenters. The Bertz CT molecular complexity index is 1010. The molecule has 0 aliphatic rings. The van der Waals surface area contributed by atoms with Crippen LogP contribution in [-0.2, 0) is 6.42 Å². The van der Waals surface area contributed by atoms with E-state index >= 15 is 0 Å². The first-order valence-corrected chi connectivity index (χ1v) is 8.75. The highest BCUT2D eigenvalue weighted by atomic mass is 16.3. The van der Waals surface area contributed by atoms with Gasteiger partial charge in [0.2, 0.25) is 0 Å². The Labute approximate surface area is 153 Å². The molecular formula is C24H20O2. The van der Waals surface area contributed by atoms with E-state index in [1.807, 2.05) is 24.3 Å². The summed E-state index contributed by atoms with van der Waals surface area (Å²) in [5.74, 6) is 0.710. The van der Waals surface area contributed by atoms with Gasteiger partial charge < -0.3 is 10.2 Å². The van der Waals surface area contributed by atoms with Crippen LogP contribution in [0.5, 0.6) is 11.5 Å². The van der Waals surface area contributed by atoms with Crippen LogP contribution in [0.15, 0.2) is 91.0 Å². The lowest BCUT2D eigenvalue weighted by Crippen LogP contribution is -2.06. The van der Waals surface area contributed by atoms with Gasteiger partial charge in [-0.05, 0) is 58.1 Å². The van der Waals surface area contributed by atoms with E-state index < -0.39 is 0 Å². The lowest BCUT2D eigenvalue weighted by atomic mass is 9.83. The Balaban J connectivity index is 1.84. The van der Waals surface area contributed by atoms with Gasteiger partial charge in [0.25, 0.3) is 0 Å². The van der Waals surface area contributed by atoms with E-state index in [9.17, 15) is 10.2 Å². The van der Waals surface area contributed by atoms with Crippen LogP contribution < -0.4 is 0 Å². The minimum absolute atomic E-state index is 0.159. The molecule has 0 aliphatic heterocycles. The van der Waals surface area contributed by atoms with Gasteiger partial charge in [0, 0.05) is 5.92 Å². The van der Waals surface area contributed by atoms with Crippen LogP contribution in [0.25, 0.3) is 10.8 Å². The summed E-state index contributed by atoms with van der Waals surface area (Å²) in [6.07, 6.45) is 0.819. The highest BCUT2D eigenvalue weighted by Crippen LogP contribution is 2.34. The van der Waals surface area contributed by atoms with Crippen molar-refractivity contribution < 1.29 is 10.2 Å². The molecule has 2 N–H and O–H groups in total. The molecule has 0 aromatic heterocycles. The Morgan fingerprint density at radius 1 is 0.615 bits per heavy atom. The van der Waals surface area contributed by atoms with Crippen LogP contribution in [0, 0.1) is 0 Å².